The number of hydrogen-bond donors (Lipinski definition) is 0. The van der Waals surface area contributed by atoms with Crippen molar-refractivity contribution in [1.29, 1.82) is 0 Å². The van der Waals surface area contributed by atoms with Crippen LogP contribution in [0.25, 0.3) is 0 Å². The molecule has 1 heterocycles. The van der Waals surface area contributed by atoms with Crippen LogP contribution in [0.5, 0.6) is 0 Å². The highest BCUT2D eigenvalue weighted by molar-refractivity contribution is 6.25. The molecule has 0 radical (unpaired) electrons. The summed E-state index contributed by atoms with van der Waals surface area (Å²) in [4.78, 5) is 37.9. The van der Waals surface area contributed by atoms with Gasteiger partial charge in [0.15, 0.2) is 0 Å². The molecule has 2 aromatic rings. The Hall–Kier alpha value is -3.09. The summed E-state index contributed by atoms with van der Waals surface area (Å²) in [7, 11) is 0. The fourth-order valence-electron chi connectivity index (χ4n) is 2.33. The van der Waals surface area contributed by atoms with Crippen molar-refractivity contribution < 1.29 is 23.2 Å². The van der Waals surface area contributed by atoms with Gasteiger partial charge in [-0.15, -0.1) is 0 Å². The highest BCUT2D eigenvalue weighted by atomic mass is 19.1. The maximum Gasteiger partial charge on any atom is 0.338 e. The number of anilines is 1. The molecule has 1 aliphatic rings. The van der Waals surface area contributed by atoms with Crippen molar-refractivity contribution in [3.05, 3.63) is 65.7 Å². The molecule has 3 rings (SSSR count). The molecular weight excluding hydrogens is 306 g/mol. The minimum Gasteiger partial charge on any atom is -0.272 e. The van der Waals surface area contributed by atoms with Gasteiger partial charge < -0.3 is 0 Å². The predicted molar refractivity (Wildman–Crippen MR) is 76.7 cm³/mol. The van der Waals surface area contributed by atoms with E-state index < -0.39 is 41.6 Å². The summed E-state index contributed by atoms with van der Waals surface area (Å²) < 4.78 is 27.4. The zero-order valence-electron chi connectivity index (χ0n) is 11.7. The largest absolute Gasteiger partial charge is 0.338 e. The molecule has 0 N–H and O–H groups in total. The van der Waals surface area contributed by atoms with Gasteiger partial charge in [-0.3, -0.25) is 9.59 Å². The quantitative estimate of drug-likeness (QED) is 0.800. The molecular formula is C16H10F2N2O3. The normalized spacial score (nSPS) is 14.5. The van der Waals surface area contributed by atoms with Crippen LogP contribution in [0.15, 0.2) is 48.5 Å². The second-order valence-electron chi connectivity index (χ2n) is 4.84. The number of carbonyl (C=O) groups is 3. The topological polar surface area (TPSA) is 57.7 Å². The highest BCUT2D eigenvalue weighted by Gasteiger charge is 2.42. The Morgan fingerprint density at radius 2 is 1.52 bits per heavy atom. The maximum atomic E-state index is 13.7. The molecule has 1 fully saturated rings. The number of amides is 4. The molecule has 0 aromatic heterocycles. The van der Waals surface area contributed by atoms with Crippen LogP contribution in [0.2, 0.25) is 0 Å². The van der Waals surface area contributed by atoms with Gasteiger partial charge in [0.05, 0.1) is 5.69 Å². The van der Waals surface area contributed by atoms with E-state index in [9.17, 15) is 23.2 Å². The fraction of sp³-hybridized carbons (Fsp3) is 0.0625. The van der Waals surface area contributed by atoms with E-state index in [-0.39, 0.29) is 5.69 Å². The third-order valence-electron chi connectivity index (χ3n) is 3.40. The van der Waals surface area contributed by atoms with Crippen molar-refractivity contribution in [3.8, 4) is 0 Å². The lowest BCUT2D eigenvalue weighted by atomic mass is 10.1. The van der Waals surface area contributed by atoms with Gasteiger partial charge in [-0.2, -0.15) is 0 Å². The summed E-state index contributed by atoms with van der Waals surface area (Å²) in [6.07, 6.45) is 0. The summed E-state index contributed by atoms with van der Waals surface area (Å²) in [6.45, 7) is -0.569. The number of benzene rings is 2. The van der Waals surface area contributed by atoms with E-state index in [0.717, 1.165) is 23.1 Å². The van der Waals surface area contributed by atoms with Crippen LogP contribution in [0, 0.1) is 11.6 Å². The molecule has 1 aliphatic heterocycles. The molecule has 0 atom stereocenters. The standard InChI is InChI=1S/C16H10F2N2O3/c17-11-7-4-8-12(18)14(11)15(22)19-9-13(21)20(16(19)23)10-5-2-1-3-6-10/h1-8H,9H2. The van der Waals surface area contributed by atoms with E-state index in [1.54, 1.807) is 18.2 Å². The summed E-state index contributed by atoms with van der Waals surface area (Å²) in [5.74, 6) is -4.01. The molecule has 2 aromatic carbocycles. The van der Waals surface area contributed by atoms with E-state index in [1.165, 1.54) is 12.1 Å². The average Bonchev–Trinajstić information content (AvgIpc) is 2.82. The average molecular weight is 316 g/mol. The Balaban J connectivity index is 1.95. The lowest BCUT2D eigenvalue weighted by molar-refractivity contribution is -0.116. The SMILES string of the molecule is O=C(c1c(F)cccc1F)N1CC(=O)N(c2ccccc2)C1=O. The molecule has 0 bridgehead atoms. The van der Waals surface area contributed by atoms with Crippen LogP contribution in [-0.2, 0) is 4.79 Å². The van der Waals surface area contributed by atoms with Crippen LogP contribution in [0.4, 0.5) is 19.3 Å². The van der Waals surface area contributed by atoms with Crippen molar-refractivity contribution in [2.45, 2.75) is 0 Å². The van der Waals surface area contributed by atoms with Crippen molar-refractivity contribution in [1.82, 2.24) is 4.90 Å². The second-order valence-corrected chi connectivity index (χ2v) is 4.84. The number of nitrogens with zero attached hydrogens (tertiary/aromatic N) is 2. The number of imide groups is 2. The Labute approximate surface area is 129 Å². The number of rotatable bonds is 2. The Bertz CT molecular complexity index is 788. The smallest absolute Gasteiger partial charge is 0.272 e. The van der Waals surface area contributed by atoms with Gasteiger partial charge in [0.2, 0.25) is 0 Å². The fourth-order valence-corrected chi connectivity index (χ4v) is 2.33. The Morgan fingerprint density at radius 3 is 2.13 bits per heavy atom. The summed E-state index contributed by atoms with van der Waals surface area (Å²) >= 11 is 0. The molecule has 7 heteroatoms. The van der Waals surface area contributed by atoms with Gasteiger partial charge in [-0.25, -0.2) is 23.4 Å². The number of halogens is 2. The van der Waals surface area contributed by atoms with E-state index in [2.05, 4.69) is 0 Å². The Kier molecular flexibility index (Phi) is 3.61. The maximum absolute atomic E-state index is 13.7. The van der Waals surface area contributed by atoms with Crippen molar-refractivity contribution >= 4 is 23.5 Å². The van der Waals surface area contributed by atoms with Crippen LogP contribution in [0.1, 0.15) is 10.4 Å². The summed E-state index contributed by atoms with van der Waals surface area (Å²) in [5, 5.41) is 0. The van der Waals surface area contributed by atoms with E-state index >= 15 is 0 Å². The molecule has 23 heavy (non-hydrogen) atoms. The van der Waals surface area contributed by atoms with Crippen LogP contribution in [-0.4, -0.2) is 29.3 Å². The first-order valence-corrected chi connectivity index (χ1v) is 6.68. The van der Waals surface area contributed by atoms with E-state index in [1.807, 2.05) is 0 Å². The minimum atomic E-state index is -1.18. The van der Waals surface area contributed by atoms with Gasteiger partial charge in [0.25, 0.3) is 11.8 Å². The predicted octanol–water partition coefficient (Wildman–Crippen LogP) is 2.57. The van der Waals surface area contributed by atoms with Gasteiger partial charge in [0.1, 0.15) is 23.7 Å². The molecule has 116 valence electrons. The number of urea groups is 1. The number of para-hydroxylation sites is 1. The zero-order valence-corrected chi connectivity index (χ0v) is 11.7. The first-order valence-electron chi connectivity index (χ1n) is 6.68. The summed E-state index contributed by atoms with van der Waals surface area (Å²) in [5.41, 5.74) is -0.574. The first-order chi connectivity index (χ1) is 11.0. The molecule has 4 amide bonds. The molecule has 0 saturated carbocycles. The van der Waals surface area contributed by atoms with Crippen molar-refractivity contribution in [3.63, 3.8) is 0 Å². The highest BCUT2D eigenvalue weighted by Crippen LogP contribution is 2.23. The molecule has 0 spiro atoms. The van der Waals surface area contributed by atoms with Crippen LogP contribution >= 0.6 is 0 Å². The van der Waals surface area contributed by atoms with E-state index in [4.69, 9.17) is 0 Å². The number of hydrogen-bond acceptors (Lipinski definition) is 3. The van der Waals surface area contributed by atoms with Gasteiger partial charge in [-0.1, -0.05) is 24.3 Å². The summed E-state index contributed by atoms with van der Waals surface area (Å²) in [6, 6.07) is 9.98. The van der Waals surface area contributed by atoms with Crippen LogP contribution in [0.3, 0.4) is 0 Å². The second kappa shape index (κ2) is 5.60. The van der Waals surface area contributed by atoms with Crippen molar-refractivity contribution in [2.75, 3.05) is 11.4 Å². The molecule has 1 saturated heterocycles. The number of carbonyl (C=O) groups excluding carboxylic acids is 3. The Morgan fingerprint density at radius 1 is 0.913 bits per heavy atom. The molecule has 0 unspecified atom stereocenters. The first kappa shape index (κ1) is 14.8. The third-order valence-corrected chi connectivity index (χ3v) is 3.40. The molecule has 0 aliphatic carbocycles. The third kappa shape index (κ3) is 2.46. The van der Waals surface area contributed by atoms with E-state index in [0.29, 0.717) is 4.90 Å². The monoisotopic (exact) mass is 316 g/mol. The minimum absolute atomic E-state index is 0.284. The van der Waals surface area contributed by atoms with Crippen molar-refractivity contribution in [2.24, 2.45) is 0 Å². The van der Waals surface area contributed by atoms with Gasteiger partial charge >= 0.3 is 6.03 Å². The van der Waals surface area contributed by atoms with Gasteiger partial charge in [0, 0.05) is 0 Å². The molecule has 5 nitrogen and oxygen atoms in total. The zero-order chi connectivity index (χ0) is 16.6. The van der Waals surface area contributed by atoms with Gasteiger partial charge in [-0.05, 0) is 24.3 Å². The lowest BCUT2D eigenvalue weighted by Crippen LogP contribution is -2.37. The van der Waals surface area contributed by atoms with Crippen LogP contribution < -0.4 is 4.90 Å². The lowest BCUT2D eigenvalue weighted by Gasteiger charge is -2.16.